The number of urea groups is 1. The topological polar surface area (TPSA) is 69.6 Å². The van der Waals surface area contributed by atoms with Crippen molar-refractivity contribution < 1.29 is 14.7 Å². The van der Waals surface area contributed by atoms with Crippen LogP contribution in [0.3, 0.4) is 0 Å². The molecule has 1 heterocycles. The van der Waals surface area contributed by atoms with Crippen LogP contribution in [0.4, 0.5) is 4.79 Å². The predicted octanol–water partition coefficient (Wildman–Crippen LogP) is 1.29. The molecular weight excluding hydrogens is 232 g/mol. The highest BCUT2D eigenvalue weighted by atomic mass is 16.4. The van der Waals surface area contributed by atoms with Crippen LogP contribution in [-0.4, -0.2) is 40.6 Å². The van der Waals surface area contributed by atoms with Gasteiger partial charge in [0.2, 0.25) is 0 Å². The fraction of sp³-hybridized carbons (Fsp3) is 0.692. The van der Waals surface area contributed by atoms with Crippen LogP contribution in [0.25, 0.3) is 0 Å². The quantitative estimate of drug-likeness (QED) is 0.744. The minimum atomic E-state index is -1.10. The maximum Gasteiger partial charge on any atom is 0.327 e. The number of carbonyl (C=O) groups excluding carboxylic acids is 1. The predicted molar refractivity (Wildman–Crippen MR) is 68.0 cm³/mol. The van der Waals surface area contributed by atoms with Crippen LogP contribution in [-0.2, 0) is 4.79 Å². The average molecular weight is 252 g/mol. The minimum absolute atomic E-state index is 0.000301. The average Bonchev–Trinajstić information content (AvgIpc) is 2.27. The molecule has 18 heavy (non-hydrogen) atoms. The van der Waals surface area contributed by atoms with Gasteiger partial charge in [0.1, 0.15) is 6.04 Å². The van der Waals surface area contributed by atoms with E-state index >= 15 is 0 Å². The first kappa shape index (κ1) is 14.4. The van der Waals surface area contributed by atoms with Crippen LogP contribution in [0.5, 0.6) is 0 Å². The summed E-state index contributed by atoms with van der Waals surface area (Å²) in [6.45, 7) is 4.80. The van der Waals surface area contributed by atoms with Crippen LogP contribution < -0.4 is 5.32 Å². The molecule has 0 radical (unpaired) electrons. The second-order valence-electron chi connectivity index (χ2n) is 4.92. The Morgan fingerprint density at radius 3 is 2.72 bits per heavy atom. The summed E-state index contributed by atoms with van der Waals surface area (Å²) >= 11 is 0. The molecule has 0 saturated carbocycles. The van der Waals surface area contributed by atoms with Crippen molar-refractivity contribution in [3.63, 3.8) is 0 Å². The zero-order valence-electron chi connectivity index (χ0n) is 10.8. The van der Waals surface area contributed by atoms with Gasteiger partial charge in [0.15, 0.2) is 0 Å². The molecule has 2 N–H and O–H groups in total. The first-order valence-electron chi connectivity index (χ1n) is 6.19. The summed E-state index contributed by atoms with van der Waals surface area (Å²) in [5.74, 6) is 1.77. The molecule has 0 aliphatic carbocycles. The zero-order chi connectivity index (χ0) is 13.7. The van der Waals surface area contributed by atoms with Crippen LogP contribution in [0.1, 0.15) is 33.1 Å². The van der Waals surface area contributed by atoms with Crippen molar-refractivity contribution in [1.29, 1.82) is 0 Å². The molecular formula is C13H20N2O3. The Bertz CT molecular complexity index is 362. The number of carbonyl (C=O) groups is 2. The number of piperidine rings is 1. The highest BCUT2D eigenvalue weighted by Gasteiger charge is 2.29. The lowest BCUT2D eigenvalue weighted by Crippen LogP contribution is -2.53. The van der Waals surface area contributed by atoms with E-state index in [9.17, 15) is 9.59 Å². The van der Waals surface area contributed by atoms with E-state index in [-0.39, 0.29) is 18.5 Å². The van der Waals surface area contributed by atoms with Gasteiger partial charge in [-0.3, -0.25) is 0 Å². The molecule has 0 aromatic heterocycles. The SMILES string of the molecule is C#CCC(NC(=O)N1CCC(C)CC1C)C(=O)O. The maximum absolute atomic E-state index is 12.0. The number of carboxylic acid groups (broad SMARTS) is 1. The van der Waals surface area contributed by atoms with Crippen LogP contribution in [0.15, 0.2) is 0 Å². The summed E-state index contributed by atoms with van der Waals surface area (Å²) in [6.07, 6.45) is 6.98. The molecule has 1 aliphatic rings. The number of aliphatic carboxylic acids is 1. The fourth-order valence-corrected chi connectivity index (χ4v) is 2.26. The molecule has 5 heteroatoms. The summed E-state index contributed by atoms with van der Waals surface area (Å²) in [6, 6.07) is -1.21. The van der Waals surface area contributed by atoms with E-state index in [1.165, 1.54) is 0 Å². The molecule has 1 rings (SSSR count). The number of carboxylic acids is 1. The zero-order valence-corrected chi connectivity index (χ0v) is 10.8. The normalized spacial score (nSPS) is 25.1. The van der Waals surface area contributed by atoms with Crippen molar-refractivity contribution in [3.05, 3.63) is 0 Å². The Labute approximate surface area is 108 Å². The Hall–Kier alpha value is -1.70. The molecule has 3 unspecified atom stereocenters. The van der Waals surface area contributed by atoms with Crippen LogP contribution in [0.2, 0.25) is 0 Å². The van der Waals surface area contributed by atoms with E-state index in [2.05, 4.69) is 18.2 Å². The highest BCUT2D eigenvalue weighted by molar-refractivity contribution is 5.83. The smallest absolute Gasteiger partial charge is 0.327 e. The third-order valence-corrected chi connectivity index (χ3v) is 3.32. The van der Waals surface area contributed by atoms with Gasteiger partial charge in [-0.25, -0.2) is 9.59 Å². The number of likely N-dealkylation sites (tertiary alicyclic amines) is 1. The summed E-state index contributed by atoms with van der Waals surface area (Å²) in [5.41, 5.74) is 0. The Kier molecular flexibility index (Phi) is 5.02. The maximum atomic E-state index is 12.0. The largest absolute Gasteiger partial charge is 0.480 e. The van der Waals surface area contributed by atoms with Gasteiger partial charge in [0, 0.05) is 19.0 Å². The monoisotopic (exact) mass is 252 g/mol. The van der Waals surface area contributed by atoms with Gasteiger partial charge in [-0.1, -0.05) is 6.92 Å². The number of terminal acetylenes is 1. The van der Waals surface area contributed by atoms with Gasteiger partial charge >= 0.3 is 12.0 Å². The van der Waals surface area contributed by atoms with Crippen LogP contribution in [0, 0.1) is 18.3 Å². The number of rotatable bonds is 3. The number of hydrogen-bond acceptors (Lipinski definition) is 2. The van der Waals surface area contributed by atoms with E-state index < -0.39 is 12.0 Å². The van der Waals surface area contributed by atoms with Crippen molar-refractivity contribution in [2.45, 2.75) is 45.2 Å². The molecule has 0 bridgehead atoms. The van der Waals surface area contributed by atoms with E-state index in [1.54, 1.807) is 4.90 Å². The first-order chi connectivity index (χ1) is 8.45. The van der Waals surface area contributed by atoms with Gasteiger partial charge in [0.25, 0.3) is 0 Å². The Morgan fingerprint density at radius 2 is 2.22 bits per heavy atom. The van der Waals surface area contributed by atoms with E-state index in [4.69, 9.17) is 11.5 Å². The molecule has 100 valence electrons. The van der Waals surface area contributed by atoms with Crippen molar-refractivity contribution in [1.82, 2.24) is 10.2 Å². The summed E-state index contributed by atoms with van der Waals surface area (Å²) in [7, 11) is 0. The van der Waals surface area contributed by atoms with Gasteiger partial charge in [-0.2, -0.15) is 0 Å². The lowest BCUT2D eigenvalue weighted by Gasteiger charge is -2.36. The highest BCUT2D eigenvalue weighted by Crippen LogP contribution is 2.22. The number of nitrogens with zero attached hydrogens (tertiary/aromatic N) is 1. The molecule has 0 aromatic carbocycles. The van der Waals surface area contributed by atoms with Crippen molar-refractivity contribution in [2.75, 3.05) is 6.54 Å². The van der Waals surface area contributed by atoms with Gasteiger partial charge in [0.05, 0.1) is 0 Å². The van der Waals surface area contributed by atoms with Crippen molar-refractivity contribution in [3.8, 4) is 12.3 Å². The second kappa shape index (κ2) is 6.29. The molecule has 1 saturated heterocycles. The third-order valence-electron chi connectivity index (χ3n) is 3.32. The fourth-order valence-electron chi connectivity index (χ4n) is 2.26. The Morgan fingerprint density at radius 1 is 1.56 bits per heavy atom. The molecule has 1 aliphatic heterocycles. The number of amides is 2. The summed E-state index contributed by atoms with van der Waals surface area (Å²) < 4.78 is 0. The van der Waals surface area contributed by atoms with E-state index in [1.807, 2.05) is 6.92 Å². The summed E-state index contributed by atoms with van der Waals surface area (Å²) in [4.78, 5) is 24.6. The molecule has 0 spiro atoms. The second-order valence-corrected chi connectivity index (χ2v) is 4.92. The molecule has 3 atom stereocenters. The molecule has 5 nitrogen and oxygen atoms in total. The molecule has 2 amide bonds. The van der Waals surface area contributed by atoms with Gasteiger partial charge < -0.3 is 15.3 Å². The van der Waals surface area contributed by atoms with E-state index in [0.717, 1.165) is 12.8 Å². The van der Waals surface area contributed by atoms with Gasteiger partial charge in [-0.15, -0.1) is 12.3 Å². The van der Waals surface area contributed by atoms with Crippen LogP contribution >= 0.6 is 0 Å². The van der Waals surface area contributed by atoms with Gasteiger partial charge in [-0.05, 0) is 25.7 Å². The Balaban J connectivity index is 2.59. The first-order valence-corrected chi connectivity index (χ1v) is 6.19. The lowest BCUT2D eigenvalue weighted by molar-refractivity contribution is -0.139. The van der Waals surface area contributed by atoms with Crippen molar-refractivity contribution in [2.24, 2.45) is 5.92 Å². The third kappa shape index (κ3) is 3.66. The van der Waals surface area contributed by atoms with Crippen molar-refractivity contribution >= 4 is 12.0 Å². The lowest BCUT2D eigenvalue weighted by atomic mass is 9.94. The number of nitrogens with one attached hydrogen (secondary N) is 1. The molecule has 0 aromatic rings. The molecule has 1 fully saturated rings. The number of hydrogen-bond donors (Lipinski definition) is 2. The minimum Gasteiger partial charge on any atom is -0.480 e. The summed E-state index contributed by atoms with van der Waals surface area (Å²) in [5, 5.41) is 11.4. The van der Waals surface area contributed by atoms with E-state index in [0.29, 0.717) is 12.5 Å². The standard InChI is InChI=1S/C13H20N2O3/c1-4-5-11(12(16)17)14-13(18)15-7-6-9(2)8-10(15)3/h1,9-11H,5-8H2,2-3H3,(H,14,18)(H,16,17).